The molecule has 0 aliphatic rings. The molecule has 0 saturated heterocycles. The number of aromatic nitrogens is 3. The molecular formula is C22H19FN4O2S. The van der Waals surface area contributed by atoms with Crippen LogP contribution in [0.15, 0.2) is 47.3 Å². The van der Waals surface area contributed by atoms with Crippen LogP contribution in [0.2, 0.25) is 0 Å². The van der Waals surface area contributed by atoms with Crippen molar-refractivity contribution in [2.75, 3.05) is 5.32 Å². The van der Waals surface area contributed by atoms with Crippen molar-refractivity contribution in [1.29, 1.82) is 0 Å². The van der Waals surface area contributed by atoms with Gasteiger partial charge in [0.15, 0.2) is 5.52 Å². The maximum Gasteiger partial charge on any atom is 0.294 e. The van der Waals surface area contributed by atoms with E-state index in [1.165, 1.54) is 23.5 Å². The van der Waals surface area contributed by atoms with Gasteiger partial charge < -0.3 is 5.32 Å². The fourth-order valence-corrected chi connectivity index (χ4v) is 4.08. The fraction of sp³-hybridized carbons (Fsp3) is 0.182. The number of amides is 1. The zero-order valence-electron chi connectivity index (χ0n) is 16.7. The minimum Gasteiger partial charge on any atom is -0.324 e. The molecule has 0 bridgehead atoms. The Morgan fingerprint density at radius 3 is 2.60 bits per heavy atom. The van der Waals surface area contributed by atoms with Crippen LogP contribution in [0, 0.1) is 26.6 Å². The Hall–Kier alpha value is -3.39. The number of halogens is 1. The summed E-state index contributed by atoms with van der Waals surface area (Å²) < 4.78 is 15.1. The lowest BCUT2D eigenvalue weighted by atomic mass is 10.1. The summed E-state index contributed by atoms with van der Waals surface area (Å²) in [6.07, 6.45) is 0. The van der Waals surface area contributed by atoms with Crippen LogP contribution in [0.25, 0.3) is 21.5 Å². The number of rotatable bonds is 4. The maximum absolute atomic E-state index is 13.4. The van der Waals surface area contributed by atoms with E-state index in [1.807, 2.05) is 32.0 Å². The number of thiazole rings is 1. The van der Waals surface area contributed by atoms with Crippen molar-refractivity contribution >= 4 is 33.1 Å². The highest BCUT2D eigenvalue weighted by atomic mass is 32.1. The van der Waals surface area contributed by atoms with Crippen LogP contribution < -0.4 is 10.9 Å². The molecule has 0 saturated carbocycles. The van der Waals surface area contributed by atoms with Gasteiger partial charge in [0.05, 0.1) is 9.71 Å². The summed E-state index contributed by atoms with van der Waals surface area (Å²) in [6, 6.07) is 11.6. The van der Waals surface area contributed by atoms with E-state index in [9.17, 15) is 14.0 Å². The summed E-state index contributed by atoms with van der Waals surface area (Å²) in [5.74, 6) is -0.730. The van der Waals surface area contributed by atoms with Crippen LogP contribution in [0.4, 0.5) is 10.1 Å². The van der Waals surface area contributed by atoms with Crippen LogP contribution in [-0.2, 0) is 11.3 Å². The van der Waals surface area contributed by atoms with Crippen LogP contribution in [-0.4, -0.2) is 20.7 Å². The van der Waals surface area contributed by atoms with E-state index in [2.05, 4.69) is 15.4 Å². The van der Waals surface area contributed by atoms with E-state index >= 15 is 0 Å². The van der Waals surface area contributed by atoms with Crippen LogP contribution >= 0.6 is 11.3 Å². The van der Waals surface area contributed by atoms with Gasteiger partial charge >= 0.3 is 0 Å². The molecule has 152 valence electrons. The highest BCUT2D eigenvalue weighted by Gasteiger charge is 2.18. The molecule has 8 heteroatoms. The first-order chi connectivity index (χ1) is 14.3. The van der Waals surface area contributed by atoms with Crippen molar-refractivity contribution < 1.29 is 9.18 Å². The van der Waals surface area contributed by atoms with Gasteiger partial charge in [-0.2, -0.15) is 5.10 Å². The number of nitrogens with zero attached hydrogens (tertiary/aromatic N) is 3. The fourth-order valence-electron chi connectivity index (χ4n) is 3.17. The van der Waals surface area contributed by atoms with Crippen molar-refractivity contribution in [3.8, 4) is 11.3 Å². The summed E-state index contributed by atoms with van der Waals surface area (Å²) in [5, 5.41) is 7.98. The minimum absolute atomic E-state index is 0.256. The number of benzene rings is 2. The normalized spacial score (nSPS) is 11.1. The Labute approximate surface area is 176 Å². The molecule has 6 nitrogen and oxygen atoms in total. The standard InChI is InChI=1S/C22H19FN4O2S/c1-12-4-5-13(2)17(10-12)25-18(28)11-27-22(29)20-21(30-14(3)24-20)19(26-27)15-6-8-16(23)9-7-15/h4-10H,11H2,1-3H3,(H,25,28). The molecule has 1 amide bonds. The molecule has 1 N–H and O–H groups in total. The SMILES string of the molecule is Cc1ccc(C)c(NC(=O)Cn2nc(-c3ccc(F)cc3)c3sc(C)nc3c2=O)c1. The van der Waals surface area contributed by atoms with Crippen molar-refractivity contribution in [1.82, 2.24) is 14.8 Å². The molecule has 4 aromatic rings. The third-order valence-electron chi connectivity index (χ3n) is 4.69. The van der Waals surface area contributed by atoms with E-state index in [4.69, 9.17) is 0 Å². The van der Waals surface area contributed by atoms with Gasteiger partial charge in [0, 0.05) is 11.3 Å². The van der Waals surface area contributed by atoms with Gasteiger partial charge in [0.2, 0.25) is 5.91 Å². The largest absolute Gasteiger partial charge is 0.324 e. The van der Waals surface area contributed by atoms with E-state index in [1.54, 1.807) is 19.1 Å². The number of carbonyl (C=O) groups is 1. The molecule has 2 aromatic heterocycles. The van der Waals surface area contributed by atoms with Crippen LogP contribution in [0.3, 0.4) is 0 Å². The number of aryl methyl sites for hydroxylation is 3. The van der Waals surface area contributed by atoms with Crippen molar-refractivity contribution in [3.05, 3.63) is 74.8 Å². The number of fused-ring (bicyclic) bond motifs is 1. The predicted octanol–water partition coefficient (Wildman–Crippen LogP) is 4.22. The molecule has 4 rings (SSSR count). The second kappa shape index (κ2) is 7.79. The average molecular weight is 422 g/mol. The van der Waals surface area contributed by atoms with E-state index in [0.29, 0.717) is 26.7 Å². The van der Waals surface area contributed by atoms with Gasteiger partial charge in [-0.05, 0) is 62.2 Å². The molecule has 0 radical (unpaired) electrons. The van der Waals surface area contributed by atoms with Crippen molar-refractivity contribution in [2.45, 2.75) is 27.3 Å². The summed E-state index contributed by atoms with van der Waals surface area (Å²) >= 11 is 1.34. The summed E-state index contributed by atoms with van der Waals surface area (Å²) in [7, 11) is 0. The third-order valence-corrected chi connectivity index (χ3v) is 5.66. The topological polar surface area (TPSA) is 76.9 Å². The molecule has 0 fully saturated rings. The summed E-state index contributed by atoms with van der Waals surface area (Å²) in [4.78, 5) is 29.9. The quantitative estimate of drug-likeness (QED) is 0.534. The number of anilines is 1. The minimum atomic E-state index is -0.434. The third kappa shape index (κ3) is 3.86. The molecule has 0 spiro atoms. The summed E-state index contributed by atoms with van der Waals surface area (Å²) in [6.45, 7) is 5.38. The maximum atomic E-state index is 13.4. The highest BCUT2D eigenvalue weighted by Crippen LogP contribution is 2.29. The van der Waals surface area contributed by atoms with Crippen LogP contribution in [0.1, 0.15) is 16.1 Å². The van der Waals surface area contributed by atoms with Gasteiger partial charge in [-0.25, -0.2) is 14.1 Å². The van der Waals surface area contributed by atoms with Crippen molar-refractivity contribution in [3.63, 3.8) is 0 Å². The summed E-state index contributed by atoms with van der Waals surface area (Å²) in [5.41, 5.74) is 3.60. The number of hydrogen-bond acceptors (Lipinski definition) is 5. The molecule has 0 aliphatic carbocycles. The lowest BCUT2D eigenvalue weighted by Crippen LogP contribution is -2.30. The number of nitrogens with one attached hydrogen (secondary N) is 1. The molecular weight excluding hydrogens is 403 g/mol. The monoisotopic (exact) mass is 422 g/mol. The molecule has 0 atom stereocenters. The molecule has 30 heavy (non-hydrogen) atoms. The highest BCUT2D eigenvalue weighted by molar-refractivity contribution is 7.19. The smallest absolute Gasteiger partial charge is 0.294 e. The number of hydrogen-bond donors (Lipinski definition) is 1. The van der Waals surface area contributed by atoms with E-state index in [-0.39, 0.29) is 23.8 Å². The van der Waals surface area contributed by atoms with Gasteiger partial charge in [0.1, 0.15) is 18.1 Å². The second-order valence-electron chi connectivity index (χ2n) is 7.10. The Morgan fingerprint density at radius 2 is 1.87 bits per heavy atom. The number of carbonyl (C=O) groups excluding carboxylic acids is 1. The van der Waals surface area contributed by atoms with Crippen LogP contribution in [0.5, 0.6) is 0 Å². The van der Waals surface area contributed by atoms with E-state index in [0.717, 1.165) is 15.8 Å². The van der Waals surface area contributed by atoms with E-state index < -0.39 is 5.56 Å². The molecule has 2 aromatic carbocycles. The Morgan fingerprint density at radius 1 is 1.13 bits per heavy atom. The first-order valence-electron chi connectivity index (χ1n) is 9.33. The van der Waals surface area contributed by atoms with Gasteiger partial charge in [0.25, 0.3) is 5.56 Å². The predicted molar refractivity (Wildman–Crippen MR) is 116 cm³/mol. The molecule has 2 heterocycles. The first-order valence-corrected chi connectivity index (χ1v) is 10.1. The Bertz CT molecular complexity index is 1330. The zero-order chi connectivity index (χ0) is 21.4. The average Bonchev–Trinajstić information content (AvgIpc) is 3.10. The van der Waals surface area contributed by atoms with Crippen molar-refractivity contribution in [2.24, 2.45) is 0 Å². The van der Waals surface area contributed by atoms with Gasteiger partial charge in [-0.1, -0.05) is 12.1 Å². The lowest BCUT2D eigenvalue weighted by Gasteiger charge is -2.11. The lowest BCUT2D eigenvalue weighted by molar-refractivity contribution is -0.117. The Kier molecular flexibility index (Phi) is 5.17. The first kappa shape index (κ1) is 19.9. The van der Waals surface area contributed by atoms with Gasteiger partial charge in [-0.15, -0.1) is 11.3 Å². The molecule has 0 unspecified atom stereocenters. The Balaban J connectivity index is 1.74. The molecule has 0 aliphatic heterocycles. The second-order valence-corrected chi connectivity index (χ2v) is 8.30. The zero-order valence-corrected chi connectivity index (χ0v) is 17.5. The van der Waals surface area contributed by atoms with Gasteiger partial charge in [-0.3, -0.25) is 9.59 Å².